The smallest absolute Gasteiger partial charge is 0.227 e. The Balaban J connectivity index is 2.22. The Labute approximate surface area is 136 Å². The Morgan fingerprint density at radius 3 is 2.50 bits per heavy atom. The average molecular weight is 323 g/mol. The summed E-state index contributed by atoms with van der Waals surface area (Å²) < 4.78 is 1.07. The first-order valence-electron chi connectivity index (χ1n) is 7.46. The maximum absolute atomic E-state index is 9.17. The monoisotopic (exact) mass is 323 g/mol. The van der Waals surface area contributed by atoms with Gasteiger partial charge in [-0.15, -0.1) is 11.3 Å². The first-order valence-corrected chi connectivity index (χ1v) is 8.34. The van der Waals surface area contributed by atoms with E-state index >= 15 is 0 Å². The summed E-state index contributed by atoms with van der Waals surface area (Å²) in [5.41, 5.74) is 0.967. The van der Waals surface area contributed by atoms with Crippen LogP contribution < -0.4 is 9.80 Å². The Hall–Kier alpha value is -1.44. The Bertz CT molecular complexity index is 601. The lowest BCUT2D eigenvalue weighted by Gasteiger charge is -2.22. The molecular formula is C15H25N5OS. The van der Waals surface area contributed by atoms with E-state index in [1.165, 1.54) is 0 Å². The number of anilines is 2. The predicted octanol–water partition coefficient (Wildman–Crippen LogP) is 1.51. The lowest BCUT2D eigenvalue weighted by Crippen LogP contribution is -2.27. The van der Waals surface area contributed by atoms with Gasteiger partial charge in [-0.3, -0.25) is 0 Å². The maximum Gasteiger partial charge on any atom is 0.227 e. The number of aliphatic hydroxyl groups excluding tert-OH is 1. The summed E-state index contributed by atoms with van der Waals surface area (Å²) in [4.78, 5) is 15.6. The third-order valence-corrected chi connectivity index (χ3v) is 4.41. The topological polar surface area (TPSA) is 55.7 Å². The quantitative estimate of drug-likeness (QED) is 0.795. The van der Waals surface area contributed by atoms with Gasteiger partial charge in [-0.25, -0.2) is 4.98 Å². The molecule has 2 aromatic rings. The molecule has 2 rings (SSSR count). The Kier molecular flexibility index (Phi) is 5.93. The minimum atomic E-state index is 0.112. The number of hydrogen-bond acceptors (Lipinski definition) is 7. The number of aliphatic hydroxyl groups is 1. The van der Waals surface area contributed by atoms with Crippen LogP contribution in [0.25, 0.3) is 10.2 Å². The van der Waals surface area contributed by atoms with Gasteiger partial charge in [0.2, 0.25) is 5.95 Å². The maximum atomic E-state index is 9.17. The molecule has 0 fully saturated rings. The van der Waals surface area contributed by atoms with Crippen LogP contribution in [0.5, 0.6) is 0 Å². The van der Waals surface area contributed by atoms with E-state index in [1.807, 2.05) is 30.4 Å². The number of thiophene rings is 1. The molecular weight excluding hydrogens is 298 g/mol. The van der Waals surface area contributed by atoms with Gasteiger partial charge in [0.1, 0.15) is 0 Å². The lowest BCUT2D eigenvalue weighted by atomic mass is 10.3. The molecule has 0 saturated heterocycles. The first-order chi connectivity index (χ1) is 10.5. The van der Waals surface area contributed by atoms with Crippen LogP contribution in [0.2, 0.25) is 0 Å². The van der Waals surface area contributed by atoms with E-state index in [9.17, 15) is 5.11 Å². The van der Waals surface area contributed by atoms with Crippen molar-refractivity contribution < 1.29 is 5.11 Å². The van der Waals surface area contributed by atoms with Crippen LogP contribution in [0, 0.1) is 0 Å². The molecule has 2 heterocycles. The van der Waals surface area contributed by atoms with Gasteiger partial charge >= 0.3 is 0 Å². The van der Waals surface area contributed by atoms with Gasteiger partial charge in [-0.1, -0.05) is 0 Å². The predicted molar refractivity (Wildman–Crippen MR) is 94.2 cm³/mol. The molecule has 0 unspecified atom stereocenters. The summed E-state index contributed by atoms with van der Waals surface area (Å²) >= 11 is 1.64. The van der Waals surface area contributed by atoms with Crippen molar-refractivity contribution in [3.05, 3.63) is 11.4 Å². The van der Waals surface area contributed by atoms with E-state index in [-0.39, 0.29) is 6.61 Å². The van der Waals surface area contributed by atoms with E-state index in [0.29, 0.717) is 6.54 Å². The molecule has 6 nitrogen and oxygen atoms in total. The molecule has 0 bridgehead atoms. The summed E-state index contributed by atoms with van der Waals surface area (Å²) in [7, 11) is 8.14. The van der Waals surface area contributed by atoms with Crippen LogP contribution in [0.3, 0.4) is 0 Å². The van der Waals surface area contributed by atoms with E-state index in [0.717, 1.165) is 41.5 Å². The summed E-state index contributed by atoms with van der Waals surface area (Å²) in [5.74, 6) is 1.63. The van der Waals surface area contributed by atoms with Crippen molar-refractivity contribution in [2.45, 2.75) is 6.42 Å². The zero-order valence-corrected chi connectivity index (χ0v) is 14.6. The largest absolute Gasteiger partial charge is 0.395 e. The molecule has 1 N–H and O–H groups in total. The van der Waals surface area contributed by atoms with Gasteiger partial charge < -0.3 is 19.8 Å². The van der Waals surface area contributed by atoms with Crippen molar-refractivity contribution in [1.29, 1.82) is 0 Å². The number of fused-ring (bicyclic) bond motifs is 1. The minimum absolute atomic E-state index is 0.112. The van der Waals surface area contributed by atoms with Crippen molar-refractivity contribution in [2.24, 2.45) is 0 Å². The van der Waals surface area contributed by atoms with Crippen molar-refractivity contribution in [3.63, 3.8) is 0 Å². The van der Waals surface area contributed by atoms with E-state index in [4.69, 9.17) is 4.98 Å². The van der Waals surface area contributed by atoms with Gasteiger partial charge in [-0.2, -0.15) is 4.98 Å². The summed E-state index contributed by atoms with van der Waals surface area (Å²) in [5, 5.41) is 11.2. The van der Waals surface area contributed by atoms with Crippen molar-refractivity contribution in [2.75, 3.05) is 64.2 Å². The molecule has 0 aliphatic heterocycles. The molecule has 0 amide bonds. The minimum Gasteiger partial charge on any atom is -0.395 e. The number of rotatable bonds is 8. The van der Waals surface area contributed by atoms with Crippen molar-refractivity contribution >= 4 is 33.3 Å². The number of aromatic nitrogens is 2. The second kappa shape index (κ2) is 7.71. The SMILES string of the molecule is CN(C)CCCN(C)c1nc(N(C)CCO)c2sccc2n1. The van der Waals surface area contributed by atoms with Gasteiger partial charge in [0, 0.05) is 27.2 Å². The highest BCUT2D eigenvalue weighted by Crippen LogP contribution is 2.30. The summed E-state index contributed by atoms with van der Waals surface area (Å²) in [6.45, 7) is 2.63. The third-order valence-electron chi connectivity index (χ3n) is 3.51. The number of likely N-dealkylation sites (N-methyl/N-ethyl adjacent to an activating group) is 1. The Morgan fingerprint density at radius 2 is 1.82 bits per heavy atom. The second-order valence-corrected chi connectivity index (χ2v) is 6.62. The van der Waals surface area contributed by atoms with Crippen molar-refractivity contribution in [1.82, 2.24) is 14.9 Å². The molecule has 0 spiro atoms. The lowest BCUT2D eigenvalue weighted by molar-refractivity contribution is 0.304. The van der Waals surface area contributed by atoms with Crippen LogP contribution in [-0.4, -0.2) is 74.4 Å². The van der Waals surface area contributed by atoms with Crippen LogP contribution in [0.15, 0.2) is 11.4 Å². The molecule has 2 aromatic heterocycles. The molecule has 122 valence electrons. The number of nitrogens with zero attached hydrogens (tertiary/aromatic N) is 5. The highest BCUT2D eigenvalue weighted by Gasteiger charge is 2.14. The molecule has 0 saturated carbocycles. The highest BCUT2D eigenvalue weighted by molar-refractivity contribution is 7.17. The fourth-order valence-corrected chi connectivity index (χ4v) is 3.12. The fraction of sp³-hybridized carbons (Fsp3) is 0.600. The van der Waals surface area contributed by atoms with Crippen LogP contribution in [0.1, 0.15) is 6.42 Å². The summed E-state index contributed by atoms with van der Waals surface area (Å²) in [6.07, 6.45) is 1.07. The van der Waals surface area contributed by atoms with Gasteiger partial charge in [0.25, 0.3) is 0 Å². The molecule has 0 atom stereocenters. The average Bonchev–Trinajstić information content (AvgIpc) is 2.94. The molecule has 0 radical (unpaired) electrons. The van der Waals surface area contributed by atoms with Crippen LogP contribution in [0.4, 0.5) is 11.8 Å². The zero-order valence-electron chi connectivity index (χ0n) is 13.8. The molecule has 0 aromatic carbocycles. The second-order valence-electron chi connectivity index (χ2n) is 5.71. The van der Waals surface area contributed by atoms with Gasteiger partial charge in [0.05, 0.1) is 16.8 Å². The standard InChI is InChI=1S/C15H25N5OS/c1-18(2)7-5-8-20(4)15-16-12-6-11-22-13(12)14(17-15)19(3)9-10-21/h6,11,21H,5,7-10H2,1-4H3. The first kappa shape index (κ1) is 16.9. The molecule has 22 heavy (non-hydrogen) atoms. The zero-order chi connectivity index (χ0) is 16.1. The molecule has 0 aliphatic rings. The molecule has 0 aliphatic carbocycles. The van der Waals surface area contributed by atoms with Crippen molar-refractivity contribution in [3.8, 4) is 0 Å². The fourth-order valence-electron chi connectivity index (χ4n) is 2.25. The molecule has 7 heteroatoms. The normalized spacial score (nSPS) is 11.4. The van der Waals surface area contributed by atoms with Crippen LogP contribution >= 0.6 is 11.3 Å². The van der Waals surface area contributed by atoms with E-state index < -0.39 is 0 Å². The number of hydrogen-bond donors (Lipinski definition) is 1. The summed E-state index contributed by atoms with van der Waals surface area (Å²) in [6, 6.07) is 2.02. The van der Waals surface area contributed by atoms with E-state index in [2.05, 4.69) is 28.9 Å². The highest BCUT2D eigenvalue weighted by atomic mass is 32.1. The van der Waals surface area contributed by atoms with E-state index in [1.54, 1.807) is 11.3 Å². The third kappa shape index (κ3) is 4.06. The Morgan fingerprint density at radius 1 is 1.05 bits per heavy atom. The van der Waals surface area contributed by atoms with Crippen LogP contribution in [-0.2, 0) is 0 Å². The van der Waals surface area contributed by atoms with Gasteiger partial charge in [-0.05, 0) is 38.5 Å². The van der Waals surface area contributed by atoms with Gasteiger partial charge in [0.15, 0.2) is 5.82 Å².